The molecule has 0 aromatic heterocycles. The van der Waals surface area contributed by atoms with Crippen LogP contribution in [0.15, 0.2) is 0 Å². The molecule has 1 N–H and O–H groups in total. The monoisotopic (exact) mass is 171 g/mol. The highest BCUT2D eigenvalue weighted by Crippen LogP contribution is 2.34. The highest BCUT2D eigenvalue weighted by molar-refractivity contribution is 5.71. The number of methoxy groups -OCH3 is 1. The van der Waals surface area contributed by atoms with Crippen LogP contribution in [0, 0.1) is 5.92 Å². The molecule has 1 aliphatic carbocycles. The van der Waals surface area contributed by atoms with Gasteiger partial charge in [-0.25, -0.2) is 0 Å². The van der Waals surface area contributed by atoms with Crippen LogP contribution in [0.5, 0.6) is 0 Å². The summed E-state index contributed by atoms with van der Waals surface area (Å²) in [6.07, 6.45) is 3.74. The Morgan fingerprint density at radius 1 is 1.67 bits per heavy atom. The molecular weight excluding hydrogens is 154 g/mol. The normalized spacial score (nSPS) is 26.8. The predicted molar refractivity (Wildman–Crippen MR) is 46.8 cm³/mol. The summed E-state index contributed by atoms with van der Waals surface area (Å²) >= 11 is 0. The predicted octanol–water partition coefficient (Wildman–Crippen LogP) is 0.938. The van der Waals surface area contributed by atoms with Crippen molar-refractivity contribution in [3.8, 4) is 0 Å². The largest absolute Gasteiger partial charge is 0.468 e. The van der Waals surface area contributed by atoms with Gasteiger partial charge in [0.25, 0.3) is 0 Å². The summed E-state index contributed by atoms with van der Waals surface area (Å²) in [5.41, 5.74) is 0. The van der Waals surface area contributed by atoms with Crippen molar-refractivity contribution in [3.63, 3.8) is 0 Å². The molecule has 1 rings (SSSR count). The molecule has 70 valence electrons. The van der Waals surface area contributed by atoms with Gasteiger partial charge in [-0.1, -0.05) is 13.3 Å². The van der Waals surface area contributed by atoms with E-state index in [4.69, 9.17) is 0 Å². The van der Waals surface area contributed by atoms with E-state index in [1.165, 1.54) is 26.4 Å². The number of hydrogen-bond acceptors (Lipinski definition) is 3. The Kier molecular flexibility index (Phi) is 3.53. The van der Waals surface area contributed by atoms with Gasteiger partial charge in [-0.3, -0.25) is 4.79 Å². The van der Waals surface area contributed by atoms with E-state index < -0.39 is 0 Å². The smallest absolute Gasteiger partial charge is 0.319 e. The van der Waals surface area contributed by atoms with E-state index in [1.807, 2.05) is 0 Å². The van der Waals surface area contributed by atoms with Crippen LogP contribution in [-0.4, -0.2) is 25.7 Å². The molecule has 3 nitrogen and oxygen atoms in total. The molecule has 0 amide bonds. The molecule has 2 atom stereocenters. The van der Waals surface area contributed by atoms with Crippen molar-refractivity contribution in [2.75, 3.05) is 13.7 Å². The van der Waals surface area contributed by atoms with Crippen molar-refractivity contribution in [1.82, 2.24) is 5.32 Å². The zero-order valence-corrected chi connectivity index (χ0v) is 7.80. The van der Waals surface area contributed by atoms with Gasteiger partial charge >= 0.3 is 5.97 Å². The van der Waals surface area contributed by atoms with Crippen LogP contribution in [0.25, 0.3) is 0 Å². The lowest BCUT2D eigenvalue weighted by Gasteiger charge is -2.01. The lowest BCUT2D eigenvalue weighted by Crippen LogP contribution is -2.26. The van der Waals surface area contributed by atoms with Gasteiger partial charge in [0.15, 0.2) is 0 Å². The average Bonchev–Trinajstić information content (AvgIpc) is 2.80. The second kappa shape index (κ2) is 4.45. The molecule has 0 aromatic carbocycles. The molecule has 0 heterocycles. The fourth-order valence-corrected chi connectivity index (χ4v) is 1.47. The van der Waals surface area contributed by atoms with Crippen LogP contribution in [0.3, 0.4) is 0 Å². The third-order valence-electron chi connectivity index (χ3n) is 2.32. The Morgan fingerprint density at radius 2 is 2.42 bits per heavy atom. The van der Waals surface area contributed by atoms with Crippen molar-refractivity contribution in [2.24, 2.45) is 5.92 Å². The summed E-state index contributed by atoms with van der Waals surface area (Å²) in [4.78, 5) is 10.7. The highest BCUT2D eigenvalue weighted by Gasteiger charge is 2.35. The van der Waals surface area contributed by atoms with E-state index in [1.54, 1.807) is 0 Å². The van der Waals surface area contributed by atoms with Gasteiger partial charge in [-0.05, 0) is 18.8 Å². The molecule has 12 heavy (non-hydrogen) atoms. The highest BCUT2D eigenvalue weighted by atomic mass is 16.5. The van der Waals surface area contributed by atoms with Gasteiger partial charge in [-0.2, -0.15) is 0 Å². The van der Waals surface area contributed by atoms with E-state index in [0.717, 1.165) is 5.92 Å². The van der Waals surface area contributed by atoms with E-state index >= 15 is 0 Å². The Bertz CT molecular complexity index is 159. The lowest BCUT2D eigenvalue weighted by atomic mass is 10.2. The molecule has 0 aliphatic heterocycles. The number of esters is 1. The first-order chi connectivity index (χ1) is 5.77. The SMILES string of the molecule is CCCC1CC1NCC(=O)OC. The molecule has 0 saturated heterocycles. The van der Waals surface area contributed by atoms with Gasteiger partial charge < -0.3 is 10.1 Å². The van der Waals surface area contributed by atoms with Gasteiger partial charge in [0.05, 0.1) is 13.7 Å². The number of ether oxygens (including phenoxy) is 1. The number of nitrogens with one attached hydrogen (secondary N) is 1. The van der Waals surface area contributed by atoms with Crippen LogP contribution >= 0.6 is 0 Å². The minimum atomic E-state index is -0.169. The molecule has 2 unspecified atom stereocenters. The lowest BCUT2D eigenvalue weighted by molar-refractivity contribution is -0.139. The molecule has 1 saturated carbocycles. The minimum Gasteiger partial charge on any atom is -0.468 e. The molecule has 0 spiro atoms. The maximum atomic E-state index is 10.7. The van der Waals surface area contributed by atoms with Gasteiger partial charge in [0, 0.05) is 6.04 Å². The van der Waals surface area contributed by atoms with Crippen LogP contribution < -0.4 is 5.32 Å². The first kappa shape index (κ1) is 9.52. The molecular formula is C9H17NO2. The summed E-state index contributed by atoms with van der Waals surface area (Å²) in [6, 6.07) is 0.573. The maximum Gasteiger partial charge on any atom is 0.319 e. The Morgan fingerprint density at radius 3 is 3.00 bits per heavy atom. The summed E-state index contributed by atoms with van der Waals surface area (Å²) in [6.45, 7) is 2.55. The topological polar surface area (TPSA) is 38.3 Å². The van der Waals surface area contributed by atoms with E-state index in [-0.39, 0.29) is 5.97 Å². The standard InChI is InChI=1S/C9H17NO2/c1-3-4-7-5-8(7)10-6-9(11)12-2/h7-8,10H,3-6H2,1-2H3. The molecule has 1 fully saturated rings. The second-order valence-electron chi connectivity index (χ2n) is 3.35. The van der Waals surface area contributed by atoms with Crippen molar-refractivity contribution >= 4 is 5.97 Å². The van der Waals surface area contributed by atoms with Crippen molar-refractivity contribution in [1.29, 1.82) is 0 Å². The van der Waals surface area contributed by atoms with Crippen molar-refractivity contribution < 1.29 is 9.53 Å². The summed E-state index contributed by atoms with van der Waals surface area (Å²) in [7, 11) is 1.42. The Hall–Kier alpha value is -0.570. The minimum absolute atomic E-state index is 0.169. The van der Waals surface area contributed by atoms with Crippen LogP contribution in [0.2, 0.25) is 0 Å². The van der Waals surface area contributed by atoms with E-state index in [9.17, 15) is 4.79 Å². The zero-order valence-electron chi connectivity index (χ0n) is 7.80. The summed E-state index contributed by atoms with van der Waals surface area (Å²) in [5, 5.41) is 3.17. The molecule has 0 radical (unpaired) electrons. The number of carbonyl (C=O) groups is 1. The first-order valence-electron chi connectivity index (χ1n) is 4.58. The average molecular weight is 171 g/mol. The number of hydrogen-bond donors (Lipinski definition) is 1. The molecule has 1 aliphatic rings. The van der Waals surface area contributed by atoms with Gasteiger partial charge in [0.2, 0.25) is 0 Å². The fourth-order valence-electron chi connectivity index (χ4n) is 1.47. The fraction of sp³-hybridized carbons (Fsp3) is 0.889. The third kappa shape index (κ3) is 2.81. The third-order valence-corrected chi connectivity index (χ3v) is 2.32. The number of rotatable bonds is 5. The van der Waals surface area contributed by atoms with Gasteiger partial charge in [0.1, 0.15) is 0 Å². The van der Waals surface area contributed by atoms with E-state index in [0.29, 0.717) is 12.6 Å². The van der Waals surface area contributed by atoms with E-state index in [2.05, 4.69) is 17.0 Å². The second-order valence-corrected chi connectivity index (χ2v) is 3.35. The van der Waals surface area contributed by atoms with Crippen molar-refractivity contribution in [3.05, 3.63) is 0 Å². The molecule has 0 bridgehead atoms. The Balaban J connectivity index is 2.00. The van der Waals surface area contributed by atoms with Crippen molar-refractivity contribution in [2.45, 2.75) is 32.2 Å². The quantitative estimate of drug-likeness (QED) is 0.625. The number of carbonyl (C=O) groups excluding carboxylic acids is 1. The zero-order chi connectivity index (χ0) is 8.97. The first-order valence-corrected chi connectivity index (χ1v) is 4.58. The molecule has 3 heteroatoms. The van der Waals surface area contributed by atoms with Gasteiger partial charge in [-0.15, -0.1) is 0 Å². The summed E-state index contributed by atoms with van der Waals surface area (Å²) in [5.74, 6) is 0.636. The van der Waals surface area contributed by atoms with Crippen LogP contribution in [-0.2, 0) is 9.53 Å². The van der Waals surface area contributed by atoms with Crippen LogP contribution in [0.4, 0.5) is 0 Å². The maximum absolute atomic E-state index is 10.7. The van der Waals surface area contributed by atoms with Crippen LogP contribution in [0.1, 0.15) is 26.2 Å². The Labute approximate surface area is 73.5 Å². The molecule has 0 aromatic rings. The summed E-state index contributed by atoms with van der Waals surface area (Å²) < 4.78 is 4.52.